The second-order valence-electron chi connectivity index (χ2n) is 2.21. The predicted octanol–water partition coefficient (Wildman–Crippen LogP) is 0.922. The molecule has 12 heavy (non-hydrogen) atoms. The van der Waals surface area contributed by atoms with Crippen molar-refractivity contribution in [2.45, 2.75) is 6.61 Å². The minimum Gasteiger partial charge on any atom is -0.392 e. The Kier molecular flexibility index (Phi) is 2.42. The summed E-state index contributed by atoms with van der Waals surface area (Å²) in [6.07, 6.45) is 0. The molecule has 0 aliphatic rings. The lowest BCUT2D eigenvalue weighted by atomic mass is 10.0. The van der Waals surface area contributed by atoms with Crippen molar-refractivity contribution in [3.63, 3.8) is 0 Å². The van der Waals surface area contributed by atoms with E-state index in [9.17, 15) is 0 Å². The van der Waals surface area contributed by atoms with Crippen LogP contribution in [0.1, 0.15) is 16.7 Å². The number of hydrogen-bond acceptors (Lipinski definition) is 3. The molecule has 0 bridgehead atoms. The van der Waals surface area contributed by atoms with Gasteiger partial charge in [0.1, 0.15) is 0 Å². The van der Waals surface area contributed by atoms with E-state index in [2.05, 4.69) is 0 Å². The highest BCUT2D eigenvalue weighted by atomic mass is 16.3. The molecule has 0 heterocycles. The van der Waals surface area contributed by atoms with Crippen LogP contribution in [0.15, 0.2) is 18.2 Å². The van der Waals surface area contributed by atoms with Gasteiger partial charge in [0.05, 0.1) is 29.9 Å². The number of hydrogen-bond donors (Lipinski definition) is 1. The number of aliphatic hydroxyl groups is 1. The van der Waals surface area contributed by atoms with Crippen molar-refractivity contribution in [3.05, 3.63) is 34.9 Å². The van der Waals surface area contributed by atoms with Crippen LogP contribution in [0.3, 0.4) is 0 Å². The molecule has 0 amide bonds. The van der Waals surface area contributed by atoms with E-state index < -0.39 is 0 Å². The molecule has 0 aromatic heterocycles. The molecule has 0 saturated carbocycles. The zero-order chi connectivity index (χ0) is 8.97. The van der Waals surface area contributed by atoms with Crippen molar-refractivity contribution in [1.29, 1.82) is 10.5 Å². The Morgan fingerprint density at radius 2 is 1.67 bits per heavy atom. The molecule has 0 spiro atoms. The summed E-state index contributed by atoms with van der Waals surface area (Å²) in [5.41, 5.74) is 1.12. The van der Waals surface area contributed by atoms with E-state index in [1.807, 2.05) is 12.1 Å². The van der Waals surface area contributed by atoms with Gasteiger partial charge in [-0.1, -0.05) is 6.07 Å². The molecule has 1 N–H and O–H groups in total. The largest absolute Gasteiger partial charge is 0.392 e. The van der Waals surface area contributed by atoms with Gasteiger partial charge in [0.25, 0.3) is 0 Å². The SMILES string of the molecule is N#Cc1cccc(C#N)c1CO. The van der Waals surface area contributed by atoms with E-state index in [1.165, 1.54) is 0 Å². The van der Waals surface area contributed by atoms with Crippen LogP contribution in [0, 0.1) is 22.7 Å². The lowest BCUT2D eigenvalue weighted by Crippen LogP contribution is -1.93. The van der Waals surface area contributed by atoms with Crippen LogP contribution in [0.2, 0.25) is 0 Å². The Bertz CT molecular complexity index is 339. The zero-order valence-electron chi connectivity index (χ0n) is 6.28. The van der Waals surface area contributed by atoms with Crippen molar-refractivity contribution < 1.29 is 5.11 Å². The highest BCUT2D eigenvalue weighted by molar-refractivity contribution is 5.47. The first-order valence-electron chi connectivity index (χ1n) is 3.36. The highest BCUT2D eigenvalue weighted by Gasteiger charge is 2.05. The first-order chi connectivity index (χ1) is 5.83. The molecular formula is C9H6N2O. The second-order valence-corrected chi connectivity index (χ2v) is 2.21. The molecule has 0 aliphatic carbocycles. The predicted molar refractivity (Wildman–Crippen MR) is 41.8 cm³/mol. The van der Waals surface area contributed by atoms with E-state index in [0.717, 1.165) is 0 Å². The summed E-state index contributed by atoms with van der Waals surface area (Å²) in [4.78, 5) is 0. The Morgan fingerprint density at radius 1 is 1.17 bits per heavy atom. The Labute approximate surface area is 70.1 Å². The maximum Gasteiger partial charge on any atom is 0.0995 e. The number of nitriles is 2. The van der Waals surface area contributed by atoms with Crippen molar-refractivity contribution in [3.8, 4) is 12.1 Å². The quantitative estimate of drug-likeness (QED) is 0.660. The smallest absolute Gasteiger partial charge is 0.0995 e. The Hall–Kier alpha value is -1.84. The van der Waals surface area contributed by atoms with Crippen LogP contribution in [0.4, 0.5) is 0 Å². The number of benzene rings is 1. The normalized spacial score (nSPS) is 8.58. The lowest BCUT2D eigenvalue weighted by molar-refractivity contribution is 0.281. The number of nitrogens with zero attached hydrogens (tertiary/aromatic N) is 2. The van der Waals surface area contributed by atoms with Gasteiger partial charge in [0.2, 0.25) is 0 Å². The summed E-state index contributed by atoms with van der Waals surface area (Å²) in [6, 6.07) is 8.59. The molecule has 0 aliphatic heterocycles. The highest BCUT2D eigenvalue weighted by Crippen LogP contribution is 2.12. The van der Waals surface area contributed by atoms with Gasteiger partial charge in [-0.3, -0.25) is 0 Å². The molecule has 0 atom stereocenters. The van der Waals surface area contributed by atoms with Gasteiger partial charge in [-0.15, -0.1) is 0 Å². The molecule has 58 valence electrons. The van der Waals surface area contributed by atoms with E-state index in [-0.39, 0.29) is 6.61 Å². The van der Waals surface area contributed by atoms with Crippen molar-refractivity contribution in [2.75, 3.05) is 0 Å². The molecule has 1 aromatic rings. The molecular weight excluding hydrogens is 152 g/mol. The lowest BCUT2D eigenvalue weighted by Gasteiger charge is -2.00. The van der Waals surface area contributed by atoms with Crippen LogP contribution in [0.5, 0.6) is 0 Å². The van der Waals surface area contributed by atoms with Crippen LogP contribution in [-0.2, 0) is 6.61 Å². The van der Waals surface area contributed by atoms with Crippen molar-refractivity contribution in [2.24, 2.45) is 0 Å². The average Bonchev–Trinajstić information content (AvgIpc) is 2.16. The topological polar surface area (TPSA) is 67.8 Å². The monoisotopic (exact) mass is 158 g/mol. The van der Waals surface area contributed by atoms with Crippen LogP contribution in [0.25, 0.3) is 0 Å². The van der Waals surface area contributed by atoms with Gasteiger partial charge in [0, 0.05) is 5.56 Å². The first kappa shape index (κ1) is 8.26. The fourth-order valence-electron chi connectivity index (χ4n) is 0.967. The van der Waals surface area contributed by atoms with E-state index >= 15 is 0 Å². The summed E-state index contributed by atoms with van der Waals surface area (Å²) in [7, 11) is 0. The molecule has 1 aromatic carbocycles. The third-order valence-electron chi connectivity index (χ3n) is 1.58. The maximum absolute atomic E-state index is 8.86. The van der Waals surface area contributed by atoms with E-state index in [1.54, 1.807) is 18.2 Å². The first-order valence-corrected chi connectivity index (χ1v) is 3.36. The molecule has 0 unspecified atom stereocenters. The van der Waals surface area contributed by atoms with Crippen molar-refractivity contribution >= 4 is 0 Å². The fourth-order valence-corrected chi connectivity index (χ4v) is 0.967. The third-order valence-corrected chi connectivity index (χ3v) is 1.58. The fraction of sp³-hybridized carbons (Fsp3) is 0.111. The molecule has 3 heteroatoms. The molecule has 3 nitrogen and oxygen atoms in total. The maximum atomic E-state index is 8.86. The summed E-state index contributed by atoms with van der Waals surface area (Å²) in [5, 5.41) is 26.1. The van der Waals surface area contributed by atoms with Crippen LogP contribution >= 0.6 is 0 Å². The molecule has 0 radical (unpaired) electrons. The van der Waals surface area contributed by atoms with Crippen molar-refractivity contribution in [1.82, 2.24) is 0 Å². The van der Waals surface area contributed by atoms with Crippen LogP contribution < -0.4 is 0 Å². The van der Waals surface area contributed by atoms with Gasteiger partial charge in [0.15, 0.2) is 0 Å². The van der Waals surface area contributed by atoms with Gasteiger partial charge in [-0.2, -0.15) is 10.5 Å². The minimum absolute atomic E-state index is 0.271. The molecule has 0 saturated heterocycles. The Balaban J connectivity index is 3.37. The van der Waals surface area contributed by atoms with Gasteiger partial charge in [-0.05, 0) is 12.1 Å². The van der Waals surface area contributed by atoms with E-state index in [4.69, 9.17) is 15.6 Å². The number of aliphatic hydroxyl groups excluding tert-OH is 1. The Morgan fingerprint density at radius 3 is 2.00 bits per heavy atom. The summed E-state index contributed by atoms with van der Waals surface area (Å²) in [6.45, 7) is -0.271. The number of rotatable bonds is 1. The standard InChI is InChI=1S/C9H6N2O/c10-4-7-2-1-3-8(5-11)9(7)6-12/h1-3,12H,6H2. The summed E-state index contributed by atoms with van der Waals surface area (Å²) < 4.78 is 0. The minimum atomic E-state index is -0.271. The summed E-state index contributed by atoms with van der Waals surface area (Å²) in [5.74, 6) is 0. The molecule has 1 rings (SSSR count). The zero-order valence-corrected chi connectivity index (χ0v) is 6.28. The van der Waals surface area contributed by atoms with Crippen LogP contribution in [-0.4, -0.2) is 5.11 Å². The third kappa shape index (κ3) is 1.27. The van der Waals surface area contributed by atoms with Gasteiger partial charge < -0.3 is 5.11 Å². The van der Waals surface area contributed by atoms with Gasteiger partial charge in [-0.25, -0.2) is 0 Å². The summed E-state index contributed by atoms with van der Waals surface area (Å²) >= 11 is 0. The average molecular weight is 158 g/mol. The molecule has 0 fully saturated rings. The van der Waals surface area contributed by atoms with Gasteiger partial charge >= 0.3 is 0 Å². The second kappa shape index (κ2) is 3.52. The van der Waals surface area contributed by atoms with E-state index in [0.29, 0.717) is 16.7 Å².